The molecule has 0 N–H and O–H groups in total. The highest BCUT2D eigenvalue weighted by atomic mass is 16.5. The number of hydrogen-bond acceptors (Lipinski definition) is 4. The molecule has 0 bridgehead atoms. The number of carbonyl (C=O) groups excluding carboxylic acids is 2. The normalized spacial score (nSPS) is 20.1. The Labute approximate surface area is 100 Å². The maximum Gasteiger partial charge on any atom is 0.337 e. The van der Waals surface area contributed by atoms with E-state index in [0.717, 1.165) is 19.3 Å². The Morgan fingerprint density at radius 3 is 3.00 bits per heavy atom. The molecule has 1 aromatic heterocycles. The van der Waals surface area contributed by atoms with Gasteiger partial charge in [0.2, 0.25) is 0 Å². The predicted molar refractivity (Wildman–Crippen MR) is 61.8 cm³/mol. The zero-order chi connectivity index (χ0) is 12.3. The van der Waals surface area contributed by atoms with Gasteiger partial charge in [-0.1, -0.05) is 6.42 Å². The van der Waals surface area contributed by atoms with Gasteiger partial charge in [-0.2, -0.15) is 0 Å². The second-order valence-electron chi connectivity index (χ2n) is 4.23. The fourth-order valence-corrected chi connectivity index (χ4v) is 2.18. The van der Waals surface area contributed by atoms with Crippen LogP contribution in [0, 0.1) is 0 Å². The number of ether oxygens (including phenoxy) is 1. The SMILES string of the molecule is COC(=O)c1ccnc([C@@H]2CCCCC2=O)c1. The van der Waals surface area contributed by atoms with Crippen molar-refractivity contribution in [3.63, 3.8) is 0 Å². The molecule has 90 valence electrons. The topological polar surface area (TPSA) is 56.3 Å². The molecule has 0 aromatic carbocycles. The van der Waals surface area contributed by atoms with E-state index in [4.69, 9.17) is 0 Å². The van der Waals surface area contributed by atoms with E-state index in [1.807, 2.05) is 0 Å². The molecule has 0 spiro atoms. The van der Waals surface area contributed by atoms with E-state index in [9.17, 15) is 9.59 Å². The third-order valence-corrected chi connectivity index (χ3v) is 3.11. The molecule has 0 aliphatic heterocycles. The average molecular weight is 233 g/mol. The number of Topliss-reactive ketones (excluding diaryl/α,β-unsaturated/α-hetero) is 1. The molecule has 1 fully saturated rings. The molecule has 1 heterocycles. The zero-order valence-corrected chi connectivity index (χ0v) is 9.81. The molecule has 0 unspecified atom stereocenters. The van der Waals surface area contributed by atoms with Crippen LogP contribution in [-0.4, -0.2) is 23.8 Å². The second kappa shape index (κ2) is 5.08. The fraction of sp³-hybridized carbons (Fsp3) is 0.462. The minimum atomic E-state index is -0.392. The van der Waals surface area contributed by atoms with Crippen molar-refractivity contribution in [2.75, 3.05) is 7.11 Å². The molecule has 1 aliphatic carbocycles. The highest BCUT2D eigenvalue weighted by molar-refractivity contribution is 5.90. The number of esters is 1. The summed E-state index contributed by atoms with van der Waals surface area (Å²) in [6.45, 7) is 0. The van der Waals surface area contributed by atoms with Crippen LogP contribution in [0.3, 0.4) is 0 Å². The Kier molecular flexibility index (Phi) is 3.52. The first-order chi connectivity index (χ1) is 8.22. The maximum absolute atomic E-state index is 11.8. The Hall–Kier alpha value is -1.71. The van der Waals surface area contributed by atoms with E-state index in [1.54, 1.807) is 18.3 Å². The van der Waals surface area contributed by atoms with Gasteiger partial charge in [-0.05, 0) is 25.0 Å². The highest BCUT2D eigenvalue weighted by Crippen LogP contribution is 2.28. The van der Waals surface area contributed by atoms with Crippen LogP contribution in [0.1, 0.15) is 47.7 Å². The minimum Gasteiger partial charge on any atom is -0.465 e. The minimum absolute atomic E-state index is 0.145. The molecular formula is C13H15NO3. The summed E-state index contributed by atoms with van der Waals surface area (Å²) in [6, 6.07) is 3.27. The van der Waals surface area contributed by atoms with E-state index < -0.39 is 5.97 Å². The highest BCUT2D eigenvalue weighted by Gasteiger charge is 2.25. The quantitative estimate of drug-likeness (QED) is 0.734. The monoisotopic (exact) mass is 233 g/mol. The lowest BCUT2D eigenvalue weighted by Gasteiger charge is -2.19. The van der Waals surface area contributed by atoms with Crippen molar-refractivity contribution in [1.82, 2.24) is 4.98 Å². The first-order valence-electron chi connectivity index (χ1n) is 5.79. The Morgan fingerprint density at radius 1 is 1.47 bits per heavy atom. The summed E-state index contributed by atoms with van der Waals surface area (Å²) in [7, 11) is 1.34. The molecular weight excluding hydrogens is 218 g/mol. The molecule has 4 heteroatoms. The summed E-state index contributed by atoms with van der Waals surface area (Å²) in [5, 5.41) is 0. The van der Waals surface area contributed by atoms with E-state index in [1.165, 1.54) is 7.11 Å². The van der Waals surface area contributed by atoms with Crippen molar-refractivity contribution in [3.8, 4) is 0 Å². The van der Waals surface area contributed by atoms with E-state index >= 15 is 0 Å². The molecule has 1 aliphatic rings. The first kappa shape index (κ1) is 11.8. The van der Waals surface area contributed by atoms with Crippen molar-refractivity contribution in [2.45, 2.75) is 31.6 Å². The number of ketones is 1. The van der Waals surface area contributed by atoms with Crippen LogP contribution in [0.4, 0.5) is 0 Å². The van der Waals surface area contributed by atoms with Crippen LogP contribution in [-0.2, 0) is 9.53 Å². The molecule has 1 saturated carbocycles. The van der Waals surface area contributed by atoms with Crippen LogP contribution in [0.25, 0.3) is 0 Å². The van der Waals surface area contributed by atoms with Crippen LogP contribution in [0.15, 0.2) is 18.3 Å². The molecule has 0 amide bonds. The van der Waals surface area contributed by atoms with E-state index in [-0.39, 0.29) is 11.7 Å². The number of hydrogen-bond donors (Lipinski definition) is 0. The summed E-state index contributed by atoms with van der Waals surface area (Å²) in [5.74, 6) is -0.309. The Morgan fingerprint density at radius 2 is 2.29 bits per heavy atom. The van der Waals surface area contributed by atoms with Crippen LogP contribution < -0.4 is 0 Å². The van der Waals surface area contributed by atoms with Crippen molar-refractivity contribution in [2.24, 2.45) is 0 Å². The number of rotatable bonds is 2. The maximum atomic E-state index is 11.8. The number of aromatic nitrogens is 1. The van der Waals surface area contributed by atoms with Crippen molar-refractivity contribution < 1.29 is 14.3 Å². The molecule has 17 heavy (non-hydrogen) atoms. The summed E-state index contributed by atoms with van der Waals surface area (Å²) in [6.07, 6.45) is 5.02. The van der Waals surface area contributed by atoms with Gasteiger partial charge in [-0.15, -0.1) is 0 Å². The Balaban J connectivity index is 2.26. The largest absolute Gasteiger partial charge is 0.465 e. The van der Waals surface area contributed by atoms with E-state index in [2.05, 4.69) is 9.72 Å². The predicted octanol–water partition coefficient (Wildman–Crippen LogP) is 2.09. The van der Waals surface area contributed by atoms with Crippen LogP contribution >= 0.6 is 0 Å². The van der Waals surface area contributed by atoms with Gasteiger partial charge < -0.3 is 4.74 Å². The van der Waals surface area contributed by atoms with Gasteiger partial charge in [0.15, 0.2) is 0 Å². The molecule has 0 saturated heterocycles. The Bertz CT molecular complexity index is 442. The van der Waals surface area contributed by atoms with Gasteiger partial charge in [-0.3, -0.25) is 9.78 Å². The van der Waals surface area contributed by atoms with Crippen LogP contribution in [0.5, 0.6) is 0 Å². The van der Waals surface area contributed by atoms with Crippen molar-refractivity contribution in [1.29, 1.82) is 0 Å². The molecule has 0 radical (unpaired) electrons. The van der Waals surface area contributed by atoms with Crippen molar-refractivity contribution >= 4 is 11.8 Å². The number of carbonyl (C=O) groups is 2. The van der Waals surface area contributed by atoms with Gasteiger partial charge in [0.05, 0.1) is 24.3 Å². The molecule has 4 nitrogen and oxygen atoms in total. The lowest BCUT2D eigenvalue weighted by atomic mass is 9.85. The average Bonchev–Trinajstić information content (AvgIpc) is 2.38. The summed E-state index contributed by atoms with van der Waals surface area (Å²) in [5.41, 5.74) is 1.15. The molecule has 2 rings (SSSR count). The molecule has 1 aromatic rings. The summed E-state index contributed by atoms with van der Waals surface area (Å²) >= 11 is 0. The van der Waals surface area contributed by atoms with Gasteiger partial charge in [0.25, 0.3) is 0 Å². The third-order valence-electron chi connectivity index (χ3n) is 3.11. The lowest BCUT2D eigenvalue weighted by molar-refractivity contribution is -0.121. The number of nitrogens with zero attached hydrogens (tertiary/aromatic N) is 1. The van der Waals surface area contributed by atoms with E-state index in [0.29, 0.717) is 17.7 Å². The molecule has 1 atom stereocenters. The van der Waals surface area contributed by atoms with Crippen LogP contribution in [0.2, 0.25) is 0 Å². The van der Waals surface area contributed by atoms with Gasteiger partial charge >= 0.3 is 5.97 Å². The summed E-state index contributed by atoms with van der Waals surface area (Å²) in [4.78, 5) is 27.4. The smallest absolute Gasteiger partial charge is 0.337 e. The second-order valence-corrected chi connectivity index (χ2v) is 4.23. The first-order valence-corrected chi connectivity index (χ1v) is 5.79. The van der Waals surface area contributed by atoms with Crippen molar-refractivity contribution in [3.05, 3.63) is 29.6 Å². The van der Waals surface area contributed by atoms with Gasteiger partial charge in [0.1, 0.15) is 5.78 Å². The lowest BCUT2D eigenvalue weighted by Crippen LogP contribution is -2.18. The third kappa shape index (κ3) is 2.52. The number of pyridine rings is 1. The summed E-state index contributed by atoms with van der Waals surface area (Å²) < 4.78 is 4.65. The van der Waals surface area contributed by atoms with Gasteiger partial charge in [0, 0.05) is 12.6 Å². The zero-order valence-electron chi connectivity index (χ0n) is 9.81. The standard InChI is InChI=1S/C13H15NO3/c1-17-13(16)9-6-7-14-11(8-9)10-4-2-3-5-12(10)15/h6-8,10H,2-5H2,1H3/t10-/m0/s1. The number of methoxy groups -OCH3 is 1. The van der Waals surface area contributed by atoms with Gasteiger partial charge in [-0.25, -0.2) is 4.79 Å². The fourth-order valence-electron chi connectivity index (χ4n) is 2.18.